The minimum absolute atomic E-state index is 0.678. The maximum Gasteiger partial charge on any atom is 0.212 e. The Labute approximate surface area is 133 Å². The van der Waals surface area contributed by atoms with Gasteiger partial charge >= 0.3 is 0 Å². The molecule has 3 nitrogen and oxygen atoms in total. The van der Waals surface area contributed by atoms with Crippen LogP contribution in [0.4, 0.5) is 0 Å². The Morgan fingerprint density at radius 1 is 1.18 bits per heavy atom. The van der Waals surface area contributed by atoms with Gasteiger partial charge in [0.25, 0.3) is 0 Å². The molecule has 0 unspecified atom stereocenters. The monoisotopic (exact) mass is 312 g/mol. The van der Waals surface area contributed by atoms with Crippen molar-refractivity contribution >= 4 is 18.4 Å². The van der Waals surface area contributed by atoms with Crippen molar-refractivity contribution in [1.29, 1.82) is 0 Å². The highest BCUT2D eigenvalue weighted by atomic mass is 28.3. The number of benzene rings is 1. The van der Waals surface area contributed by atoms with Crippen LogP contribution in [0.3, 0.4) is 0 Å². The van der Waals surface area contributed by atoms with Crippen molar-refractivity contribution in [2.24, 2.45) is 0 Å². The molecule has 0 amide bonds. The van der Waals surface area contributed by atoms with Crippen LogP contribution in [0.2, 0.25) is 13.1 Å². The Balaban J connectivity index is 1.89. The van der Waals surface area contributed by atoms with Gasteiger partial charge in [-0.3, -0.25) is 0 Å². The maximum atomic E-state index is 5.18. The fourth-order valence-corrected chi connectivity index (χ4v) is 5.54. The lowest BCUT2D eigenvalue weighted by Crippen LogP contribution is -2.54. The van der Waals surface area contributed by atoms with Gasteiger partial charge in [-0.25, -0.2) is 4.98 Å². The third-order valence-electron chi connectivity index (χ3n) is 4.52. The Hall–Kier alpha value is -1.65. The molecular weight excluding hydrogens is 288 g/mol. The second-order valence-electron chi connectivity index (χ2n) is 6.53. The topological polar surface area (TPSA) is 34.1 Å². The van der Waals surface area contributed by atoms with E-state index in [0.29, 0.717) is 5.88 Å². The quantitative estimate of drug-likeness (QED) is 0.830. The number of ether oxygens (including phenoxy) is 1. The molecule has 0 bridgehead atoms. The highest BCUT2D eigenvalue weighted by Gasteiger charge is 2.29. The van der Waals surface area contributed by atoms with E-state index in [1.54, 1.807) is 7.11 Å². The van der Waals surface area contributed by atoms with Crippen molar-refractivity contribution in [3.63, 3.8) is 0 Å². The van der Waals surface area contributed by atoms with Gasteiger partial charge in [-0.2, -0.15) is 0 Å². The zero-order chi connectivity index (χ0) is 15.6. The number of nitrogens with zero attached hydrogens (tertiary/aromatic N) is 1. The SMILES string of the molecule is COc1ccc([Si](C)(C)c2ccccc2CNC2CC2)cn1. The fourth-order valence-electron chi connectivity index (χ4n) is 2.85. The number of nitrogens with one attached hydrogen (secondary N) is 1. The van der Waals surface area contributed by atoms with E-state index in [9.17, 15) is 0 Å². The van der Waals surface area contributed by atoms with Crippen LogP contribution in [0.1, 0.15) is 18.4 Å². The number of methoxy groups -OCH3 is 1. The van der Waals surface area contributed by atoms with Gasteiger partial charge in [0.2, 0.25) is 5.88 Å². The van der Waals surface area contributed by atoms with Crippen LogP contribution < -0.4 is 20.4 Å². The normalized spacial score (nSPS) is 14.9. The smallest absolute Gasteiger partial charge is 0.212 e. The summed E-state index contributed by atoms with van der Waals surface area (Å²) in [5, 5.41) is 6.48. The lowest BCUT2D eigenvalue weighted by Gasteiger charge is -2.26. The summed E-state index contributed by atoms with van der Waals surface area (Å²) in [5.41, 5.74) is 1.43. The third kappa shape index (κ3) is 3.23. The van der Waals surface area contributed by atoms with Gasteiger partial charge in [-0.1, -0.05) is 48.6 Å². The van der Waals surface area contributed by atoms with E-state index in [4.69, 9.17) is 4.74 Å². The zero-order valence-corrected chi connectivity index (χ0v) is 14.6. The molecule has 1 N–H and O–H groups in total. The van der Waals surface area contributed by atoms with Gasteiger partial charge in [0.05, 0.1) is 7.11 Å². The lowest BCUT2D eigenvalue weighted by molar-refractivity contribution is 0.398. The third-order valence-corrected chi connectivity index (χ3v) is 8.09. The Morgan fingerprint density at radius 2 is 1.95 bits per heavy atom. The van der Waals surface area contributed by atoms with E-state index in [0.717, 1.165) is 12.6 Å². The molecule has 22 heavy (non-hydrogen) atoms. The van der Waals surface area contributed by atoms with Gasteiger partial charge in [-0.15, -0.1) is 0 Å². The average Bonchev–Trinajstić information content (AvgIpc) is 3.37. The molecule has 2 aromatic rings. The largest absolute Gasteiger partial charge is 0.481 e. The summed E-state index contributed by atoms with van der Waals surface area (Å²) in [5.74, 6) is 0.678. The van der Waals surface area contributed by atoms with E-state index in [1.807, 2.05) is 12.3 Å². The molecule has 3 rings (SSSR count). The minimum atomic E-state index is -1.75. The molecule has 0 aliphatic heterocycles. The van der Waals surface area contributed by atoms with Gasteiger partial charge in [0.15, 0.2) is 0 Å². The summed E-state index contributed by atoms with van der Waals surface area (Å²) in [6.07, 6.45) is 4.63. The lowest BCUT2D eigenvalue weighted by atomic mass is 10.2. The van der Waals surface area contributed by atoms with Crippen molar-refractivity contribution in [3.8, 4) is 5.88 Å². The summed E-state index contributed by atoms with van der Waals surface area (Å²) in [4.78, 5) is 4.40. The molecule has 1 heterocycles. The van der Waals surface area contributed by atoms with Crippen LogP contribution in [0.15, 0.2) is 42.6 Å². The first kappa shape index (κ1) is 15.3. The van der Waals surface area contributed by atoms with Crippen LogP contribution >= 0.6 is 0 Å². The van der Waals surface area contributed by atoms with E-state index in [-0.39, 0.29) is 0 Å². The Kier molecular flexibility index (Phi) is 4.31. The summed E-state index contributed by atoms with van der Waals surface area (Å²) in [6.45, 7) is 5.76. The molecule has 1 aromatic heterocycles. The molecule has 0 spiro atoms. The standard InChI is InChI=1S/C18H24N2OSi/c1-21-18-11-10-16(13-20-18)22(2,3)17-7-5-4-6-14(17)12-19-15-8-9-15/h4-7,10-11,13,15,19H,8-9,12H2,1-3H3. The van der Waals surface area contributed by atoms with Crippen LogP contribution in [0.25, 0.3) is 0 Å². The first-order chi connectivity index (χ1) is 10.6. The maximum absolute atomic E-state index is 5.18. The van der Waals surface area contributed by atoms with E-state index >= 15 is 0 Å². The van der Waals surface area contributed by atoms with Crippen LogP contribution in [-0.4, -0.2) is 26.2 Å². The minimum Gasteiger partial charge on any atom is -0.481 e. The Bertz CT molecular complexity index is 636. The second kappa shape index (κ2) is 6.22. The van der Waals surface area contributed by atoms with E-state index < -0.39 is 8.07 Å². The number of pyridine rings is 1. The van der Waals surface area contributed by atoms with Crippen LogP contribution in [-0.2, 0) is 6.54 Å². The predicted molar refractivity (Wildman–Crippen MR) is 93.8 cm³/mol. The molecule has 1 saturated carbocycles. The van der Waals surface area contributed by atoms with Crippen LogP contribution in [0, 0.1) is 0 Å². The van der Waals surface area contributed by atoms with Gasteiger partial charge in [0.1, 0.15) is 8.07 Å². The molecule has 1 aliphatic rings. The highest BCUT2D eigenvalue weighted by Crippen LogP contribution is 2.19. The number of hydrogen-bond acceptors (Lipinski definition) is 3. The summed E-state index contributed by atoms with van der Waals surface area (Å²) >= 11 is 0. The first-order valence-electron chi connectivity index (χ1n) is 7.93. The van der Waals surface area contributed by atoms with Crippen molar-refractivity contribution in [1.82, 2.24) is 10.3 Å². The van der Waals surface area contributed by atoms with E-state index in [1.165, 1.54) is 28.8 Å². The Morgan fingerprint density at radius 3 is 2.59 bits per heavy atom. The second-order valence-corrected chi connectivity index (χ2v) is 10.9. The van der Waals surface area contributed by atoms with Crippen molar-refractivity contribution in [2.45, 2.75) is 38.5 Å². The zero-order valence-electron chi connectivity index (χ0n) is 13.6. The molecule has 116 valence electrons. The molecule has 1 aromatic carbocycles. The van der Waals surface area contributed by atoms with Gasteiger partial charge in [-0.05, 0) is 23.6 Å². The molecule has 0 atom stereocenters. The average molecular weight is 312 g/mol. The van der Waals surface area contributed by atoms with Crippen molar-refractivity contribution < 1.29 is 4.74 Å². The first-order valence-corrected chi connectivity index (χ1v) is 10.9. The van der Waals surface area contributed by atoms with Crippen molar-refractivity contribution in [3.05, 3.63) is 48.2 Å². The van der Waals surface area contributed by atoms with Crippen molar-refractivity contribution in [2.75, 3.05) is 7.11 Å². The molecule has 1 aliphatic carbocycles. The summed E-state index contributed by atoms with van der Waals surface area (Å²) < 4.78 is 5.18. The fraction of sp³-hybridized carbons (Fsp3) is 0.389. The summed E-state index contributed by atoms with van der Waals surface area (Å²) in [6, 6.07) is 13.7. The number of aromatic nitrogens is 1. The predicted octanol–water partition coefficient (Wildman–Crippen LogP) is 2.16. The molecule has 4 heteroatoms. The highest BCUT2D eigenvalue weighted by molar-refractivity contribution is 7.00. The van der Waals surface area contributed by atoms with Crippen LogP contribution in [0.5, 0.6) is 5.88 Å². The molecule has 1 fully saturated rings. The number of hydrogen-bond donors (Lipinski definition) is 1. The van der Waals surface area contributed by atoms with E-state index in [2.05, 4.69) is 53.7 Å². The molecule has 0 radical (unpaired) electrons. The van der Waals surface area contributed by atoms with Gasteiger partial charge < -0.3 is 10.1 Å². The summed E-state index contributed by atoms with van der Waals surface area (Å²) in [7, 11) is -0.0892. The number of rotatable bonds is 6. The molecular formula is C18H24N2OSi. The van der Waals surface area contributed by atoms with Gasteiger partial charge in [0, 0.05) is 24.8 Å². The molecule has 0 saturated heterocycles.